The molecule has 0 aliphatic carbocycles. The molecule has 2 aliphatic rings. The van der Waals surface area contributed by atoms with Gasteiger partial charge in [-0.05, 0) is 50.3 Å². The molecule has 1 fully saturated rings. The van der Waals surface area contributed by atoms with Crippen molar-refractivity contribution in [1.29, 1.82) is 0 Å². The van der Waals surface area contributed by atoms with E-state index in [4.69, 9.17) is 4.74 Å². The molecule has 0 saturated carbocycles. The van der Waals surface area contributed by atoms with Crippen molar-refractivity contribution in [2.24, 2.45) is 0 Å². The predicted octanol–water partition coefficient (Wildman–Crippen LogP) is 2.48. The van der Waals surface area contributed by atoms with Gasteiger partial charge >= 0.3 is 0 Å². The molecule has 1 saturated heterocycles. The lowest BCUT2D eigenvalue weighted by Crippen LogP contribution is -2.46. The third-order valence-corrected chi connectivity index (χ3v) is 5.25. The lowest BCUT2D eigenvalue weighted by molar-refractivity contribution is -0.122. The zero-order chi connectivity index (χ0) is 18.6. The third-order valence-electron chi connectivity index (χ3n) is 5.25. The first-order chi connectivity index (χ1) is 12.4. The van der Waals surface area contributed by atoms with Gasteiger partial charge in [0, 0.05) is 38.6 Å². The van der Waals surface area contributed by atoms with Gasteiger partial charge in [0.1, 0.15) is 11.4 Å². The van der Waals surface area contributed by atoms with Gasteiger partial charge < -0.3 is 15.4 Å². The number of amides is 1. The minimum Gasteiger partial charge on any atom is -0.487 e. The number of benzene rings is 1. The fraction of sp³-hybridized carbons (Fsp3) is 0.667. The normalized spacial score (nSPS) is 19.8. The largest absolute Gasteiger partial charge is 0.487 e. The van der Waals surface area contributed by atoms with E-state index in [1.165, 1.54) is 11.1 Å². The Morgan fingerprint density at radius 3 is 2.81 bits per heavy atom. The average molecular weight is 360 g/mol. The fourth-order valence-corrected chi connectivity index (χ4v) is 3.85. The van der Waals surface area contributed by atoms with Crippen molar-refractivity contribution in [1.82, 2.24) is 15.5 Å². The maximum atomic E-state index is 11.8. The van der Waals surface area contributed by atoms with Crippen molar-refractivity contribution < 1.29 is 9.53 Å². The Kier molecular flexibility index (Phi) is 6.20. The minimum absolute atomic E-state index is 0.0787. The summed E-state index contributed by atoms with van der Waals surface area (Å²) in [4.78, 5) is 14.1. The van der Waals surface area contributed by atoms with Gasteiger partial charge in [0.15, 0.2) is 0 Å². The van der Waals surface area contributed by atoms with E-state index in [1.807, 2.05) is 0 Å². The number of nitrogens with zero attached hydrogens (tertiary/aromatic N) is 1. The van der Waals surface area contributed by atoms with Gasteiger partial charge in [0.2, 0.25) is 5.91 Å². The molecule has 0 atom stereocenters. The summed E-state index contributed by atoms with van der Waals surface area (Å²) in [6.07, 6.45) is 4.17. The number of fused-ring (bicyclic) bond motifs is 1. The number of nitrogens with one attached hydrogen (secondary N) is 2. The number of carbonyl (C=O) groups excluding carboxylic acids is 1. The van der Waals surface area contributed by atoms with Crippen molar-refractivity contribution in [3.63, 3.8) is 0 Å². The van der Waals surface area contributed by atoms with Crippen LogP contribution in [-0.4, -0.2) is 48.6 Å². The second-order valence-corrected chi connectivity index (χ2v) is 8.26. The van der Waals surface area contributed by atoms with Crippen LogP contribution in [0.25, 0.3) is 0 Å². The molecule has 1 aromatic rings. The van der Waals surface area contributed by atoms with Crippen molar-refractivity contribution >= 4 is 5.91 Å². The molecule has 5 heteroatoms. The molecule has 3 rings (SSSR count). The molecule has 0 unspecified atom stereocenters. The van der Waals surface area contributed by atoms with Crippen molar-refractivity contribution in [3.05, 3.63) is 29.3 Å². The van der Waals surface area contributed by atoms with E-state index in [1.54, 1.807) is 0 Å². The minimum atomic E-state index is -0.0787. The molecular formula is C21H33N3O2. The maximum absolute atomic E-state index is 11.8. The standard InChI is InChI=1S/C21H33N3O2/c1-4-9-22-20(25)15-24-10-7-18(8-11-24)23-14-16-5-6-19-17(12-16)13-21(2,3)26-19/h5-6,12,18,23H,4,7-11,13-15H2,1-3H3,(H,22,25). The van der Waals surface area contributed by atoms with Crippen LogP contribution in [0.1, 0.15) is 51.2 Å². The smallest absolute Gasteiger partial charge is 0.234 e. The Labute approximate surface area is 157 Å². The van der Waals surface area contributed by atoms with Crippen LogP contribution < -0.4 is 15.4 Å². The van der Waals surface area contributed by atoms with Gasteiger partial charge in [0.05, 0.1) is 6.54 Å². The van der Waals surface area contributed by atoms with Crippen LogP contribution in [0.4, 0.5) is 0 Å². The topological polar surface area (TPSA) is 53.6 Å². The van der Waals surface area contributed by atoms with Gasteiger partial charge in [-0.3, -0.25) is 9.69 Å². The molecule has 1 aromatic carbocycles. The highest BCUT2D eigenvalue weighted by atomic mass is 16.5. The highest BCUT2D eigenvalue weighted by molar-refractivity contribution is 5.77. The fourth-order valence-electron chi connectivity index (χ4n) is 3.85. The van der Waals surface area contributed by atoms with E-state index < -0.39 is 0 Å². The quantitative estimate of drug-likeness (QED) is 0.785. The van der Waals surface area contributed by atoms with E-state index in [0.717, 1.165) is 57.6 Å². The van der Waals surface area contributed by atoms with E-state index in [-0.39, 0.29) is 11.5 Å². The first-order valence-corrected chi connectivity index (χ1v) is 9.98. The number of likely N-dealkylation sites (tertiary alicyclic amines) is 1. The van der Waals surface area contributed by atoms with E-state index in [2.05, 4.69) is 54.5 Å². The molecular weight excluding hydrogens is 326 g/mol. The molecule has 0 aromatic heterocycles. The van der Waals surface area contributed by atoms with Crippen LogP contribution in [0.3, 0.4) is 0 Å². The van der Waals surface area contributed by atoms with Gasteiger partial charge in [-0.15, -0.1) is 0 Å². The molecule has 5 nitrogen and oxygen atoms in total. The summed E-state index contributed by atoms with van der Waals surface area (Å²) in [5.74, 6) is 1.19. The molecule has 1 amide bonds. The Morgan fingerprint density at radius 1 is 1.31 bits per heavy atom. The molecule has 0 spiro atoms. The second-order valence-electron chi connectivity index (χ2n) is 8.26. The highest BCUT2D eigenvalue weighted by Crippen LogP contribution is 2.35. The van der Waals surface area contributed by atoms with Crippen molar-refractivity contribution in [2.75, 3.05) is 26.2 Å². The average Bonchev–Trinajstić information content (AvgIpc) is 2.92. The Hall–Kier alpha value is -1.59. The van der Waals surface area contributed by atoms with Crippen LogP contribution in [0.2, 0.25) is 0 Å². The second kappa shape index (κ2) is 8.40. The Balaban J connectivity index is 1.40. The lowest BCUT2D eigenvalue weighted by atomic mass is 10.00. The van der Waals surface area contributed by atoms with Crippen molar-refractivity contribution in [2.45, 2.75) is 64.6 Å². The van der Waals surface area contributed by atoms with Crippen LogP contribution in [0, 0.1) is 0 Å². The summed E-state index contributed by atoms with van der Waals surface area (Å²) in [6, 6.07) is 7.09. The van der Waals surface area contributed by atoms with Crippen molar-refractivity contribution in [3.8, 4) is 5.75 Å². The molecule has 2 aliphatic heterocycles. The Bertz CT molecular complexity index is 622. The molecule has 0 radical (unpaired) electrons. The summed E-state index contributed by atoms with van der Waals surface area (Å²) >= 11 is 0. The van der Waals surface area contributed by atoms with Crippen LogP contribution in [0.5, 0.6) is 5.75 Å². The SMILES string of the molecule is CCCNC(=O)CN1CCC(NCc2ccc3c(c2)CC(C)(C)O3)CC1. The molecule has 0 bridgehead atoms. The molecule has 26 heavy (non-hydrogen) atoms. The summed E-state index contributed by atoms with van der Waals surface area (Å²) in [7, 11) is 0. The summed E-state index contributed by atoms with van der Waals surface area (Å²) in [5, 5.41) is 6.65. The van der Waals surface area contributed by atoms with Crippen LogP contribution in [0.15, 0.2) is 18.2 Å². The van der Waals surface area contributed by atoms with E-state index in [9.17, 15) is 4.79 Å². The van der Waals surface area contributed by atoms with Gasteiger partial charge in [-0.1, -0.05) is 19.1 Å². The van der Waals surface area contributed by atoms with Crippen LogP contribution in [-0.2, 0) is 17.8 Å². The van der Waals surface area contributed by atoms with E-state index in [0.29, 0.717) is 12.6 Å². The maximum Gasteiger partial charge on any atom is 0.234 e. The zero-order valence-electron chi connectivity index (χ0n) is 16.4. The van der Waals surface area contributed by atoms with Gasteiger partial charge in [-0.25, -0.2) is 0 Å². The summed E-state index contributed by atoms with van der Waals surface area (Å²) < 4.78 is 5.95. The number of hydrogen-bond donors (Lipinski definition) is 2. The zero-order valence-corrected chi connectivity index (χ0v) is 16.4. The number of piperidine rings is 1. The predicted molar refractivity (Wildman–Crippen MR) is 104 cm³/mol. The number of carbonyl (C=O) groups is 1. The lowest BCUT2D eigenvalue weighted by Gasteiger charge is -2.32. The van der Waals surface area contributed by atoms with Gasteiger partial charge in [-0.2, -0.15) is 0 Å². The monoisotopic (exact) mass is 359 g/mol. The number of rotatable bonds is 7. The summed E-state index contributed by atoms with van der Waals surface area (Å²) in [6.45, 7) is 10.5. The first kappa shape index (κ1) is 19.2. The van der Waals surface area contributed by atoms with Crippen LogP contribution >= 0.6 is 0 Å². The highest BCUT2D eigenvalue weighted by Gasteiger charge is 2.30. The number of ether oxygens (including phenoxy) is 1. The molecule has 2 N–H and O–H groups in total. The van der Waals surface area contributed by atoms with Gasteiger partial charge in [0.25, 0.3) is 0 Å². The number of hydrogen-bond acceptors (Lipinski definition) is 4. The van der Waals surface area contributed by atoms with E-state index >= 15 is 0 Å². The third kappa shape index (κ3) is 5.21. The molecule has 2 heterocycles. The molecule has 144 valence electrons. The first-order valence-electron chi connectivity index (χ1n) is 9.98. The Morgan fingerprint density at radius 2 is 2.08 bits per heavy atom. The summed E-state index contributed by atoms with van der Waals surface area (Å²) in [5.41, 5.74) is 2.57.